The molecule has 4 nitrogen and oxygen atoms in total. The van der Waals surface area contributed by atoms with Gasteiger partial charge in [-0.3, -0.25) is 0 Å². The molecule has 90 valence electrons. The first-order valence-electron chi connectivity index (χ1n) is 5.10. The molecule has 0 heterocycles. The Morgan fingerprint density at radius 1 is 1.29 bits per heavy atom. The minimum atomic E-state index is -4.08. The van der Waals surface area contributed by atoms with Crippen molar-refractivity contribution in [2.24, 2.45) is 0 Å². The molecule has 0 spiro atoms. The van der Waals surface area contributed by atoms with E-state index in [1.54, 1.807) is 0 Å². The summed E-state index contributed by atoms with van der Waals surface area (Å²) in [4.78, 5) is 0. The molecule has 1 aromatic rings. The summed E-state index contributed by atoms with van der Waals surface area (Å²) < 4.78 is 36.3. The van der Waals surface area contributed by atoms with Gasteiger partial charge < -0.3 is 9.29 Å². The largest absolute Gasteiger partial charge is 1.00 e. The minimum absolute atomic E-state index is 0. The second kappa shape index (κ2) is 8.63. The summed E-state index contributed by atoms with van der Waals surface area (Å²) in [6.07, 6.45) is 0.910. The average molecular weight is 282 g/mol. The fourth-order valence-corrected chi connectivity index (χ4v) is 1.83. The van der Waals surface area contributed by atoms with Crippen LogP contribution in [0.3, 0.4) is 0 Å². The zero-order valence-electron chi connectivity index (χ0n) is 10.2. The molecule has 0 aliphatic rings. The minimum Gasteiger partial charge on any atom is -0.748 e. The number of benzene rings is 1. The number of hydrogen-bond donors (Lipinski definition) is 0. The monoisotopic (exact) mass is 282 g/mol. The van der Waals surface area contributed by atoms with Crippen LogP contribution < -0.4 is 56.1 Å². The number of rotatable bonds is 6. The van der Waals surface area contributed by atoms with Crippen molar-refractivity contribution in [2.45, 2.75) is 19.8 Å². The molecule has 0 radical (unpaired) electrons. The molecule has 0 saturated heterocycles. The first-order chi connectivity index (χ1) is 7.47. The van der Waals surface area contributed by atoms with Gasteiger partial charge in [0.1, 0.15) is 5.75 Å². The fraction of sp³-hybridized carbons (Fsp3) is 0.455. The summed E-state index contributed by atoms with van der Waals surface area (Å²) in [6, 6.07) is 7.62. The Bertz CT molecular complexity index is 431. The third-order valence-electron chi connectivity index (χ3n) is 2.05. The van der Waals surface area contributed by atoms with E-state index in [-0.39, 0.29) is 57.1 Å². The zero-order valence-corrected chi connectivity index (χ0v) is 14.1. The Labute approximate surface area is 145 Å². The van der Waals surface area contributed by atoms with E-state index in [4.69, 9.17) is 4.74 Å². The van der Waals surface area contributed by atoms with Gasteiger partial charge in [0.15, 0.2) is 0 Å². The van der Waals surface area contributed by atoms with E-state index >= 15 is 0 Å². The third kappa shape index (κ3) is 9.18. The van der Waals surface area contributed by atoms with Crippen molar-refractivity contribution in [1.82, 2.24) is 0 Å². The Balaban J connectivity index is 0.00000256. The molecule has 0 bridgehead atoms. The van der Waals surface area contributed by atoms with Crippen LogP contribution >= 0.6 is 0 Å². The molecule has 1 aromatic carbocycles. The summed E-state index contributed by atoms with van der Waals surface area (Å²) in [7, 11) is -4.08. The van der Waals surface area contributed by atoms with Gasteiger partial charge in [0.2, 0.25) is 0 Å². The number of hydrogen-bond acceptors (Lipinski definition) is 4. The Kier molecular flexibility index (Phi) is 8.92. The maximum absolute atomic E-state index is 10.3. The fourth-order valence-electron chi connectivity index (χ4n) is 1.28. The molecule has 0 unspecified atom stereocenters. The molecule has 0 aliphatic heterocycles. The van der Waals surface area contributed by atoms with Gasteiger partial charge in [-0.25, -0.2) is 8.42 Å². The summed E-state index contributed by atoms with van der Waals surface area (Å²) in [5.74, 6) is 0.453. The van der Waals surface area contributed by atoms with E-state index in [0.717, 1.165) is 11.3 Å². The molecule has 17 heavy (non-hydrogen) atoms. The van der Waals surface area contributed by atoms with Crippen LogP contribution in [-0.4, -0.2) is 25.3 Å². The van der Waals surface area contributed by atoms with Crippen LogP contribution in [0, 0.1) is 6.92 Å². The predicted molar refractivity (Wildman–Crippen MR) is 60.5 cm³/mol. The summed E-state index contributed by atoms with van der Waals surface area (Å²) in [6.45, 7) is 2.40. The van der Waals surface area contributed by atoms with Gasteiger partial charge in [0.25, 0.3) is 0 Å². The molecular weight excluding hydrogens is 267 g/mol. The van der Waals surface area contributed by atoms with Crippen molar-refractivity contribution < 1.29 is 69.1 Å². The van der Waals surface area contributed by atoms with Gasteiger partial charge in [-0.05, 0) is 37.5 Å². The predicted octanol–water partition coefficient (Wildman–Crippen LogP) is -1.30. The van der Waals surface area contributed by atoms with Crippen molar-refractivity contribution >= 4 is 10.1 Å². The average Bonchev–Trinajstić information content (AvgIpc) is 2.15. The first kappa shape index (κ1) is 17.6. The molecule has 1 rings (SSSR count). The Morgan fingerprint density at radius 2 is 2.00 bits per heavy atom. The maximum Gasteiger partial charge on any atom is 1.00 e. The molecule has 0 atom stereocenters. The number of aryl methyl sites for hydroxylation is 1. The quantitative estimate of drug-likeness (QED) is 0.370. The summed E-state index contributed by atoms with van der Waals surface area (Å²) >= 11 is 0. The zero-order chi connectivity index (χ0) is 12.0. The molecule has 0 saturated carbocycles. The molecule has 6 heteroatoms. The van der Waals surface area contributed by atoms with Crippen molar-refractivity contribution in [2.75, 3.05) is 12.4 Å². The maximum atomic E-state index is 10.3. The summed E-state index contributed by atoms with van der Waals surface area (Å²) in [5, 5.41) is 0. The van der Waals surface area contributed by atoms with Crippen LogP contribution in [0.4, 0.5) is 0 Å². The molecular formula is C11H15KO4S. The normalized spacial score (nSPS) is 10.7. The van der Waals surface area contributed by atoms with Crippen LogP contribution in [0.5, 0.6) is 5.75 Å². The Hall–Kier alpha value is 0.566. The third-order valence-corrected chi connectivity index (χ3v) is 2.84. The standard InChI is InChI=1S/C11H16O4S.K/c1-10-5-4-6-11(9-10)15-7-2-3-8-16(12,13)14;/h4-6,9H,2-3,7-8H2,1H3,(H,12,13,14);/q;+1/p-1. The van der Waals surface area contributed by atoms with E-state index in [1.165, 1.54) is 0 Å². The van der Waals surface area contributed by atoms with E-state index in [2.05, 4.69) is 0 Å². The van der Waals surface area contributed by atoms with E-state index in [0.29, 0.717) is 19.4 Å². The van der Waals surface area contributed by atoms with Crippen molar-refractivity contribution in [3.63, 3.8) is 0 Å². The van der Waals surface area contributed by atoms with Crippen LogP contribution in [0.2, 0.25) is 0 Å². The van der Waals surface area contributed by atoms with Crippen LogP contribution in [-0.2, 0) is 10.1 Å². The Morgan fingerprint density at radius 3 is 2.59 bits per heavy atom. The smallest absolute Gasteiger partial charge is 0.748 e. The van der Waals surface area contributed by atoms with Crippen molar-refractivity contribution in [3.8, 4) is 5.75 Å². The van der Waals surface area contributed by atoms with Gasteiger partial charge >= 0.3 is 51.4 Å². The second-order valence-corrected chi connectivity index (χ2v) is 5.16. The van der Waals surface area contributed by atoms with E-state index < -0.39 is 10.1 Å². The van der Waals surface area contributed by atoms with Crippen molar-refractivity contribution in [3.05, 3.63) is 29.8 Å². The van der Waals surface area contributed by atoms with Gasteiger partial charge in [-0.2, -0.15) is 0 Å². The first-order valence-corrected chi connectivity index (χ1v) is 6.68. The van der Waals surface area contributed by atoms with Gasteiger partial charge in [0, 0.05) is 5.75 Å². The molecule has 0 aromatic heterocycles. The van der Waals surface area contributed by atoms with Gasteiger partial charge in [-0.15, -0.1) is 0 Å². The van der Waals surface area contributed by atoms with Crippen LogP contribution in [0.15, 0.2) is 24.3 Å². The molecule has 0 N–H and O–H groups in total. The topological polar surface area (TPSA) is 66.4 Å². The van der Waals surface area contributed by atoms with Crippen LogP contribution in [0.1, 0.15) is 18.4 Å². The van der Waals surface area contributed by atoms with E-state index in [9.17, 15) is 13.0 Å². The second-order valence-electron chi connectivity index (χ2n) is 3.63. The van der Waals surface area contributed by atoms with Crippen molar-refractivity contribution in [1.29, 1.82) is 0 Å². The molecule has 0 amide bonds. The molecule has 0 aliphatic carbocycles. The molecule has 0 fully saturated rings. The number of ether oxygens (including phenoxy) is 1. The summed E-state index contributed by atoms with van der Waals surface area (Å²) in [5.41, 5.74) is 1.11. The SMILES string of the molecule is Cc1cccc(OCCCCS(=O)(=O)[O-])c1.[K+]. The number of unbranched alkanes of at least 4 members (excludes halogenated alkanes) is 1. The van der Waals surface area contributed by atoms with E-state index in [1.807, 2.05) is 31.2 Å². The van der Waals surface area contributed by atoms with Crippen LogP contribution in [0.25, 0.3) is 0 Å². The van der Waals surface area contributed by atoms with Gasteiger partial charge in [0.05, 0.1) is 16.7 Å². The van der Waals surface area contributed by atoms with Gasteiger partial charge in [-0.1, -0.05) is 12.1 Å².